The summed E-state index contributed by atoms with van der Waals surface area (Å²) < 4.78 is 12.9. The quantitative estimate of drug-likeness (QED) is 0.326. The molecule has 0 radical (unpaired) electrons. The highest BCUT2D eigenvalue weighted by atomic mass is 35.5. The van der Waals surface area contributed by atoms with E-state index in [9.17, 15) is 15.3 Å². The molecule has 0 aliphatic heterocycles. The fraction of sp³-hybridized carbons (Fsp3) is 0.462. The summed E-state index contributed by atoms with van der Waals surface area (Å²) in [5.41, 5.74) is 4.19. The van der Waals surface area contributed by atoms with E-state index in [0.29, 0.717) is 17.1 Å². The van der Waals surface area contributed by atoms with Gasteiger partial charge in [-0.1, -0.05) is 43.3 Å². The summed E-state index contributed by atoms with van der Waals surface area (Å²) in [7, 11) is 0. The highest BCUT2D eigenvalue weighted by Crippen LogP contribution is 2.34. The SMILES string of the molecule is Cc1cc(C(C)(C)c2ccc(OC[C@@H](O)Cn3nnc(C)c3CO)cc2)ccc1OC[C@@H](O)CCl. The van der Waals surface area contributed by atoms with Crippen molar-refractivity contribution in [1.29, 1.82) is 0 Å². The molecule has 1 heterocycles. The Kier molecular flexibility index (Phi) is 9.13. The number of nitrogens with zero attached hydrogens (tertiary/aromatic N) is 3. The van der Waals surface area contributed by atoms with Crippen LogP contribution in [0.25, 0.3) is 0 Å². The van der Waals surface area contributed by atoms with E-state index >= 15 is 0 Å². The van der Waals surface area contributed by atoms with Crippen molar-refractivity contribution in [3.8, 4) is 11.5 Å². The van der Waals surface area contributed by atoms with Gasteiger partial charge in [0.25, 0.3) is 0 Å². The molecule has 2 atom stereocenters. The van der Waals surface area contributed by atoms with E-state index in [1.54, 1.807) is 6.92 Å². The van der Waals surface area contributed by atoms with Crippen molar-refractivity contribution in [2.75, 3.05) is 19.1 Å². The largest absolute Gasteiger partial charge is 0.491 e. The van der Waals surface area contributed by atoms with Crippen LogP contribution >= 0.6 is 11.6 Å². The van der Waals surface area contributed by atoms with Gasteiger partial charge in [0.15, 0.2) is 0 Å². The second-order valence-corrected chi connectivity index (χ2v) is 9.48. The molecule has 0 saturated carbocycles. The summed E-state index contributed by atoms with van der Waals surface area (Å²) in [5, 5.41) is 37.3. The molecule has 2 aromatic carbocycles. The zero-order valence-electron chi connectivity index (χ0n) is 20.6. The molecule has 0 saturated heterocycles. The molecule has 0 aliphatic carbocycles. The Labute approximate surface area is 211 Å². The zero-order chi connectivity index (χ0) is 25.6. The van der Waals surface area contributed by atoms with Crippen LogP contribution in [0.1, 0.15) is 41.9 Å². The van der Waals surface area contributed by atoms with Crippen LogP contribution in [-0.2, 0) is 18.6 Å². The number of aliphatic hydroxyl groups is 3. The predicted octanol–water partition coefficient (Wildman–Crippen LogP) is 3.13. The average molecular weight is 504 g/mol. The maximum Gasteiger partial charge on any atom is 0.122 e. The normalized spacial score (nSPS) is 13.5. The van der Waals surface area contributed by atoms with E-state index in [-0.39, 0.29) is 37.7 Å². The first-order chi connectivity index (χ1) is 16.6. The zero-order valence-corrected chi connectivity index (χ0v) is 21.4. The molecule has 0 fully saturated rings. The second-order valence-electron chi connectivity index (χ2n) is 9.18. The first-order valence-corrected chi connectivity index (χ1v) is 12.1. The number of aryl methyl sites for hydroxylation is 2. The van der Waals surface area contributed by atoms with Gasteiger partial charge in [-0.25, -0.2) is 4.68 Å². The van der Waals surface area contributed by atoms with Crippen LogP contribution in [0, 0.1) is 13.8 Å². The molecule has 0 aliphatic rings. The number of hydrogen-bond acceptors (Lipinski definition) is 7. The summed E-state index contributed by atoms with van der Waals surface area (Å²) in [6, 6.07) is 13.9. The van der Waals surface area contributed by atoms with E-state index in [1.165, 1.54) is 4.68 Å². The Morgan fingerprint density at radius 1 is 0.971 bits per heavy atom. The number of aromatic nitrogens is 3. The van der Waals surface area contributed by atoms with Crippen molar-refractivity contribution in [3.05, 3.63) is 70.5 Å². The Morgan fingerprint density at radius 2 is 1.63 bits per heavy atom. The second kappa shape index (κ2) is 11.9. The molecule has 0 unspecified atom stereocenters. The monoisotopic (exact) mass is 503 g/mol. The molecule has 190 valence electrons. The van der Waals surface area contributed by atoms with Gasteiger partial charge < -0.3 is 24.8 Å². The molecule has 3 N–H and O–H groups in total. The van der Waals surface area contributed by atoms with E-state index < -0.39 is 12.2 Å². The number of aliphatic hydroxyl groups excluding tert-OH is 3. The molecule has 9 heteroatoms. The number of halogens is 1. The molecule has 0 amide bonds. The number of benzene rings is 2. The molecule has 3 rings (SSSR count). The van der Waals surface area contributed by atoms with E-state index in [4.69, 9.17) is 21.1 Å². The van der Waals surface area contributed by atoms with Crippen molar-refractivity contribution in [2.45, 2.75) is 58.5 Å². The Morgan fingerprint density at radius 3 is 2.26 bits per heavy atom. The standard InChI is InChI=1S/C26H34ClN3O5/c1-17-11-20(7-10-25(17)35-15-21(32)12-27)26(3,4)19-5-8-23(9-6-19)34-16-22(33)13-30-24(14-31)18(2)28-29-30/h5-11,21-22,31-33H,12-16H2,1-4H3/t21-,22-/m0/s1. The molecule has 8 nitrogen and oxygen atoms in total. The summed E-state index contributed by atoms with van der Waals surface area (Å²) in [5.74, 6) is 1.51. The molecule has 0 bridgehead atoms. The lowest BCUT2D eigenvalue weighted by molar-refractivity contribution is 0.0866. The van der Waals surface area contributed by atoms with Gasteiger partial charge in [-0.05, 0) is 48.7 Å². The van der Waals surface area contributed by atoms with Crippen molar-refractivity contribution < 1.29 is 24.8 Å². The van der Waals surface area contributed by atoms with Crippen LogP contribution in [-0.4, -0.2) is 61.6 Å². The van der Waals surface area contributed by atoms with E-state index in [0.717, 1.165) is 22.4 Å². The smallest absolute Gasteiger partial charge is 0.122 e. The maximum absolute atomic E-state index is 10.3. The fourth-order valence-electron chi connectivity index (χ4n) is 3.77. The lowest BCUT2D eigenvalue weighted by atomic mass is 9.77. The molecule has 0 spiro atoms. The average Bonchev–Trinajstić information content (AvgIpc) is 3.20. The van der Waals surface area contributed by atoms with Crippen LogP contribution in [0.2, 0.25) is 0 Å². The third kappa shape index (κ3) is 6.73. The van der Waals surface area contributed by atoms with Gasteiger partial charge in [0.05, 0.1) is 30.4 Å². The third-order valence-electron chi connectivity index (χ3n) is 6.09. The Hall–Kier alpha value is -2.65. The lowest BCUT2D eigenvalue weighted by Gasteiger charge is -2.27. The third-order valence-corrected chi connectivity index (χ3v) is 6.45. The first-order valence-electron chi connectivity index (χ1n) is 11.5. The van der Waals surface area contributed by atoms with Gasteiger partial charge in [0.2, 0.25) is 0 Å². The van der Waals surface area contributed by atoms with Crippen LogP contribution in [0.15, 0.2) is 42.5 Å². The van der Waals surface area contributed by atoms with E-state index in [2.05, 4.69) is 30.2 Å². The van der Waals surface area contributed by atoms with Crippen molar-refractivity contribution in [1.82, 2.24) is 15.0 Å². The van der Waals surface area contributed by atoms with Crippen LogP contribution in [0.4, 0.5) is 0 Å². The number of ether oxygens (including phenoxy) is 2. The highest BCUT2D eigenvalue weighted by Gasteiger charge is 2.24. The summed E-state index contributed by atoms with van der Waals surface area (Å²) in [4.78, 5) is 0. The van der Waals surface area contributed by atoms with Gasteiger partial charge in [-0.2, -0.15) is 0 Å². The van der Waals surface area contributed by atoms with Gasteiger partial charge in [-0.15, -0.1) is 16.7 Å². The topological polar surface area (TPSA) is 110 Å². The maximum atomic E-state index is 10.3. The molecule has 3 aromatic rings. The number of hydrogen-bond donors (Lipinski definition) is 3. The predicted molar refractivity (Wildman–Crippen MR) is 134 cm³/mol. The summed E-state index contributed by atoms with van der Waals surface area (Å²) in [6.07, 6.45) is -1.49. The van der Waals surface area contributed by atoms with Crippen molar-refractivity contribution >= 4 is 11.6 Å². The number of alkyl halides is 1. The highest BCUT2D eigenvalue weighted by molar-refractivity contribution is 6.18. The van der Waals surface area contributed by atoms with Crippen LogP contribution < -0.4 is 9.47 Å². The van der Waals surface area contributed by atoms with Crippen molar-refractivity contribution in [2.24, 2.45) is 0 Å². The molecule has 35 heavy (non-hydrogen) atoms. The minimum absolute atomic E-state index is 0.0889. The lowest BCUT2D eigenvalue weighted by Crippen LogP contribution is -2.25. The molecular weight excluding hydrogens is 470 g/mol. The van der Waals surface area contributed by atoms with Crippen LogP contribution in [0.5, 0.6) is 11.5 Å². The van der Waals surface area contributed by atoms with Gasteiger partial charge >= 0.3 is 0 Å². The van der Waals surface area contributed by atoms with Crippen LogP contribution in [0.3, 0.4) is 0 Å². The molecule has 1 aromatic heterocycles. The minimum atomic E-state index is -0.799. The number of rotatable bonds is 12. The van der Waals surface area contributed by atoms with E-state index in [1.807, 2.05) is 43.3 Å². The molecular formula is C26H34ClN3O5. The minimum Gasteiger partial charge on any atom is -0.491 e. The van der Waals surface area contributed by atoms with Gasteiger partial charge in [0, 0.05) is 5.41 Å². The summed E-state index contributed by atoms with van der Waals surface area (Å²) >= 11 is 5.64. The van der Waals surface area contributed by atoms with Gasteiger partial charge in [0.1, 0.15) is 36.9 Å². The Balaban J connectivity index is 1.61. The first kappa shape index (κ1) is 26.9. The fourth-order valence-corrected chi connectivity index (χ4v) is 3.86. The van der Waals surface area contributed by atoms with Crippen molar-refractivity contribution in [3.63, 3.8) is 0 Å². The Bertz CT molecular complexity index is 1100. The summed E-state index contributed by atoms with van der Waals surface area (Å²) in [6.45, 7) is 8.29. The van der Waals surface area contributed by atoms with Gasteiger partial charge in [-0.3, -0.25) is 0 Å².